The van der Waals surface area contributed by atoms with E-state index in [1.807, 2.05) is 36.2 Å². The van der Waals surface area contributed by atoms with Crippen LogP contribution in [0.1, 0.15) is 25.0 Å². The number of furan rings is 1. The summed E-state index contributed by atoms with van der Waals surface area (Å²) in [7, 11) is 1.99. The molecule has 0 aliphatic carbocycles. The number of carbonyl (C=O) groups excluding carboxylic acids is 1. The minimum absolute atomic E-state index is 0.0539. The van der Waals surface area contributed by atoms with E-state index in [1.165, 1.54) is 6.42 Å². The Morgan fingerprint density at radius 3 is 2.79 bits per heavy atom. The van der Waals surface area contributed by atoms with E-state index in [4.69, 9.17) is 4.42 Å². The van der Waals surface area contributed by atoms with Crippen LogP contribution < -0.4 is 10.6 Å². The summed E-state index contributed by atoms with van der Waals surface area (Å²) in [5, 5.41) is 7.33. The molecule has 2 N–H and O–H groups in total. The molecule has 1 aliphatic heterocycles. The number of hydrogen-bond acceptors (Lipinski definition) is 3. The molecule has 2 amide bonds. The van der Waals surface area contributed by atoms with Gasteiger partial charge in [-0.1, -0.05) is 18.2 Å². The van der Waals surface area contributed by atoms with Crippen LogP contribution in [-0.2, 0) is 6.42 Å². The number of rotatable bonds is 6. The van der Waals surface area contributed by atoms with Crippen LogP contribution in [0.2, 0.25) is 0 Å². The molecule has 0 radical (unpaired) electrons. The van der Waals surface area contributed by atoms with Gasteiger partial charge in [0.25, 0.3) is 0 Å². The van der Waals surface area contributed by atoms with Crippen molar-refractivity contribution in [3.8, 4) is 0 Å². The van der Waals surface area contributed by atoms with Gasteiger partial charge in [0.15, 0.2) is 0 Å². The highest BCUT2D eigenvalue weighted by Gasteiger charge is 2.22. The van der Waals surface area contributed by atoms with Gasteiger partial charge in [-0.25, -0.2) is 4.79 Å². The Morgan fingerprint density at radius 1 is 1.25 bits per heavy atom. The number of fused-ring (bicyclic) bond motifs is 1. The number of benzene rings is 1. The molecule has 3 rings (SSSR count). The van der Waals surface area contributed by atoms with Gasteiger partial charge < -0.3 is 20.0 Å². The zero-order valence-electron chi connectivity index (χ0n) is 14.4. The molecule has 0 atom stereocenters. The van der Waals surface area contributed by atoms with Crippen LogP contribution in [0.3, 0.4) is 0 Å². The molecule has 2 heterocycles. The molecule has 1 saturated heterocycles. The summed E-state index contributed by atoms with van der Waals surface area (Å²) in [5.41, 5.74) is 0.905. The summed E-state index contributed by atoms with van der Waals surface area (Å²) in [5.74, 6) is 1.67. The van der Waals surface area contributed by atoms with Crippen LogP contribution in [0.15, 0.2) is 34.7 Å². The van der Waals surface area contributed by atoms with Crippen molar-refractivity contribution in [2.75, 3.05) is 33.2 Å². The topological polar surface area (TPSA) is 57.5 Å². The first kappa shape index (κ1) is 16.8. The van der Waals surface area contributed by atoms with Gasteiger partial charge in [0.05, 0.1) is 0 Å². The predicted octanol–water partition coefficient (Wildman–Crippen LogP) is 3.01. The van der Waals surface area contributed by atoms with Crippen molar-refractivity contribution in [1.82, 2.24) is 15.5 Å². The smallest absolute Gasteiger partial charge is 0.317 e. The van der Waals surface area contributed by atoms with Gasteiger partial charge in [0.1, 0.15) is 11.3 Å². The molecule has 1 aliphatic rings. The van der Waals surface area contributed by atoms with Gasteiger partial charge in [-0.15, -0.1) is 0 Å². The van der Waals surface area contributed by atoms with Crippen molar-refractivity contribution in [3.05, 3.63) is 36.1 Å². The largest absolute Gasteiger partial charge is 0.461 e. The fraction of sp³-hybridized carbons (Fsp3) is 0.526. The van der Waals surface area contributed by atoms with Crippen molar-refractivity contribution in [3.63, 3.8) is 0 Å². The van der Waals surface area contributed by atoms with Crippen LogP contribution >= 0.6 is 0 Å². The minimum atomic E-state index is 0.0539. The molecule has 0 unspecified atom stereocenters. The summed E-state index contributed by atoms with van der Waals surface area (Å²) in [6.07, 6.45) is 4.15. The highest BCUT2D eigenvalue weighted by molar-refractivity contribution is 5.77. The van der Waals surface area contributed by atoms with E-state index in [1.54, 1.807) is 0 Å². The molecule has 1 aromatic carbocycles. The number of likely N-dealkylation sites (tertiary alicyclic amines) is 1. The Morgan fingerprint density at radius 2 is 2.04 bits per heavy atom. The Balaban J connectivity index is 1.40. The number of nitrogens with zero attached hydrogens (tertiary/aromatic N) is 1. The molecule has 0 bridgehead atoms. The Hall–Kier alpha value is -2.01. The van der Waals surface area contributed by atoms with E-state index in [9.17, 15) is 4.79 Å². The molecule has 0 spiro atoms. The summed E-state index contributed by atoms with van der Waals surface area (Å²) in [6, 6.07) is 10.1. The zero-order chi connectivity index (χ0) is 16.8. The average molecular weight is 329 g/mol. The quantitative estimate of drug-likeness (QED) is 0.856. The van der Waals surface area contributed by atoms with Crippen LogP contribution in [0, 0.1) is 5.92 Å². The van der Waals surface area contributed by atoms with E-state index >= 15 is 0 Å². The van der Waals surface area contributed by atoms with E-state index in [0.717, 1.165) is 61.5 Å². The first-order valence-electron chi connectivity index (χ1n) is 8.91. The number of nitrogens with one attached hydrogen (secondary N) is 2. The number of para-hydroxylation sites is 1. The number of carbonyl (C=O) groups is 1. The fourth-order valence-corrected chi connectivity index (χ4v) is 3.34. The van der Waals surface area contributed by atoms with Crippen LogP contribution in [0.5, 0.6) is 0 Å². The number of piperidine rings is 1. The maximum Gasteiger partial charge on any atom is 0.317 e. The normalized spacial score (nSPS) is 15.8. The lowest BCUT2D eigenvalue weighted by atomic mass is 9.94. The summed E-state index contributed by atoms with van der Waals surface area (Å²) in [4.78, 5) is 14.2. The molecule has 2 aromatic rings. The summed E-state index contributed by atoms with van der Waals surface area (Å²) < 4.78 is 5.78. The third kappa shape index (κ3) is 4.29. The van der Waals surface area contributed by atoms with Crippen LogP contribution in [0.25, 0.3) is 11.0 Å². The van der Waals surface area contributed by atoms with Crippen molar-refractivity contribution in [2.45, 2.75) is 25.7 Å². The molecule has 5 nitrogen and oxygen atoms in total. The maximum absolute atomic E-state index is 12.3. The van der Waals surface area contributed by atoms with Gasteiger partial charge in [-0.2, -0.15) is 0 Å². The molecule has 130 valence electrons. The summed E-state index contributed by atoms with van der Waals surface area (Å²) >= 11 is 0. The Labute approximate surface area is 143 Å². The number of urea groups is 1. The van der Waals surface area contributed by atoms with Crippen molar-refractivity contribution in [2.24, 2.45) is 5.92 Å². The van der Waals surface area contributed by atoms with E-state index in [2.05, 4.69) is 16.7 Å². The van der Waals surface area contributed by atoms with Gasteiger partial charge in [0.2, 0.25) is 0 Å². The van der Waals surface area contributed by atoms with Crippen molar-refractivity contribution in [1.29, 1.82) is 0 Å². The first-order valence-corrected chi connectivity index (χ1v) is 8.91. The predicted molar refractivity (Wildman–Crippen MR) is 96.2 cm³/mol. The van der Waals surface area contributed by atoms with E-state index in [0.29, 0.717) is 6.54 Å². The van der Waals surface area contributed by atoms with Crippen molar-refractivity contribution < 1.29 is 9.21 Å². The highest BCUT2D eigenvalue weighted by Crippen LogP contribution is 2.20. The zero-order valence-corrected chi connectivity index (χ0v) is 14.4. The SMILES string of the molecule is CNCCC1CCN(C(=O)NCCc2cc3ccccc3o2)CC1. The standard InChI is InChI=1S/C19H27N3O2/c1-20-10-6-15-8-12-22(13-9-15)19(23)21-11-7-17-14-16-4-2-3-5-18(16)24-17/h2-5,14-15,20H,6-13H2,1H3,(H,21,23). The molecular formula is C19H27N3O2. The van der Waals surface area contributed by atoms with Gasteiger partial charge >= 0.3 is 6.03 Å². The Kier molecular flexibility index (Phi) is 5.75. The molecule has 0 saturated carbocycles. The van der Waals surface area contributed by atoms with Crippen molar-refractivity contribution >= 4 is 17.0 Å². The van der Waals surface area contributed by atoms with Gasteiger partial charge in [-0.05, 0) is 50.9 Å². The molecule has 1 aromatic heterocycles. The fourth-order valence-electron chi connectivity index (χ4n) is 3.34. The molecule has 5 heteroatoms. The Bertz CT molecular complexity index is 626. The van der Waals surface area contributed by atoms with Crippen LogP contribution in [-0.4, -0.2) is 44.2 Å². The highest BCUT2D eigenvalue weighted by atomic mass is 16.3. The second kappa shape index (κ2) is 8.20. The third-order valence-corrected chi connectivity index (χ3v) is 4.83. The second-order valence-corrected chi connectivity index (χ2v) is 6.56. The van der Waals surface area contributed by atoms with Gasteiger partial charge in [-0.3, -0.25) is 0 Å². The lowest BCUT2D eigenvalue weighted by Gasteiger charge is -2.32. The lowest BCUT2D eigenvalue weighted by molar-refractivity contribution is 0.168. The molecular weight excluding hydrogens is 302 g/mol. The first-order chi connectivity index (χ1) is 11.8. The third-order valence-electron chi connectivity index (χ3n) is 4.83. The molecule has 24 heavy (non-hydrogen) atoms. The summed E-state index contributed by atoms with van der Waals surface area (Å²) in [6.45, 7) is 3.41. The molecule has 1 fully saturated rings. The lowest BCUT2D eigenvalue weighted by Crippen LogP contribution is -2.45. The average Bonchev–Trinajstić information content (AvgIpc) is 3.03. The maximum atomic E-state index is 12.3. The van der Waals surface area contributed by atoms with Gasteiger partial charge in [0, 0.05) is 31.4 Å². The monoisotopic (exact) mass is 329 g/mol. The second-order valence-electron chi connectivity index (χ2n) is 6.56. The minimum Gasteiger partial charge on any atom is -0.461 e. The number of amides is 2. The van der Waals surface area contributed by atoms with E-state index in [-0.39, 0.29) is 6.03 Å². The van der Waals surface area contributed by atoms with Crippen LogP contribution in [0.4, 0.5) is 4.79 Å². The van der Waals surface area contributed by atoms with E-state index < -0.39 is 0 Å². The number of hydrogen-bond donors (Lipinski definition) is 2.